The molecule has 0 unspecified atom stereocenters. The summed E-state index contributed by atoms with van der Waals surface area (Å²) in [5.41, 5.74) is 4.94. The zero-order chi connectivity index (χ0) is 7.28. The first-order valence-electron chi connectivity index (χ1n) is 2.60. The van der Waals surface area contributed by atoms with Gasteiger partial charge >= 0.3 is 0 Å². The average molecular weight is 146 g/mol. The maximum Gasteiger partial charge on any atom is 0.273 e. The van der Waals surface area contributed by atoms with Gasteiger partial charge in [0.15, 0.2) is 5.04 Å². The molecule has 0 saturated carbocycles. The topological polar surface area (TPSA) is 55.4 Å². The minimum atomic E-state index is -0.440. The third-order valence-electron chi connectivity index (χ3n) is 0.706. The van der Waals surface area contributed by atoms with E-state index >= 15 is 0 Å². The molecule has 0 atom stereocenters. The Morgan fingerprint density at radius 3 is 2.44 bits per heavy atom. The Labute approximate surface area is 58.7 Å². The number of hydrogen-bond donors (Lipinski definition) is 1. The van der Waals surface area contributed by atoms with E-state index in [1.54, 1.807) is 6.26 Å². The zero-order valence-corrected chi connectivity index (χ0v) is 6.36. The Bertz CT molecular complexity index is 133. The fraction of sp³-hybridized carbons (Fsp3) is 0.600. The Morgan fingerprint density at radius 2 is 2.33 bits per heavy atom. The number of nitrogens with two attached hydrogens (primary N) is 1. The standard InChI is InChI=1S/C5H10N2OS/c1-3-7-5(9-2)4(6)8/h3H2,1-2H3,(H2,6,8). The fourth-order valence-corrected chi connectivity index (χ4v) is 0.846. The lowest BCUT2D eigenvalue weighted by Crippen LogP contribution is -2.20. The molecule has 0 bridgehead atoms. The molecule has 0 aromatic rings. The Balaban J connectivity index is 3.98. The molecule has 3 nitrogen and oxygen atoms in total. The maximum atomic E-state index is 10.4. The number of thioether (sulfide) groups is 1. The number of carbonyl (C=O) groups excluding carboxylic acids is 1. The predicted molar refractivity (Wildman–Crippen MR) is 40.7 cm³/mol. The van der Waals surface area contributed by atoms with Gasteiger partial charge in [0.05, 0.1) is 0 Å². The SMILES string of the molecule is CCN=C(SC)C(N)=O. The van der Waals surface area contributed by atoms with Gasteiger partial charge in [-0.15, -0.1) is 11.8 Å². The average Bonchev–Trinajstić information content (AvgIpc) is 1.82. The van der Waals surface area contributed by atoms with Crippen molar-refractivity contribution >= 4 is 22.7 Å². The smallest absolute Gasteiger partial charge is 0.273 e. The summed E-state index contributed by atoms with van der Waals surface area (Å²) in [6, 6.07) is 0. The molecular weight excluding hydrogens is 136 g/mol. The van der Waals surface area contributed by atoms with Gasteiger partial charge in [-0.2, -0.15) is 0 Å². The number of hydrogen-bond acceptors (Lipinski definition) is 3. The molecule has 0 saturated heterocycles. The van der Waals surface area contributed by atoms with Crippen molar-refractivity contribution in [3.63, 3.8) is 0 Å². The number of nitrogens with zero attached hydrogens (tertiary/aromatic N) is 1. The second kappa shape index (κ2) is 4.38. The van der Waals surface area contributed by atoms with Gasteiger partial charge in [-0.1, -0.05) is 0 Å². The number of rotatable bonds is 1. The van der Waals surface area contributed by atoms with Crippen molar-refractivity contribution in [2.45, 2.75) is 6.92 Å². The summed E-state index contributed by atoms with van der Waals surface area (Å²) < 4.78 is 0. The van der Waals surface area contributed by atoms with Crippen LogP contribution in [0.3, 0.4) is 0 Å². The molecular formula is C5H10N2OS. The highest BCUT2D eigenvalue weighted by Gasteiger charge is 2.01. The molecule has 0 aromatic carbocycles. The van der Waals surface area contributed by atoms with Crippen molar-refractivity contribution in [1.29, 1.82) is 0 Å². The first kappa shape index (κ1) is 8.49. The van der Waals surface area contributed by atoms with Gasteiger partial charge in [-0.05, 0) is 13.2 Å². The second-order valence-corrected chi connectivity index (χ2v) is 2.14. The monoisotopic (exact) mass is 146 g/mol. The highest BCUT2D eigenvalue weighted by atomic mass is 32.2. The summed E-state index contributed by atoms with van der Waals surface area (Å²) in [6.07, 6.45) is 1.78. The molecule has 0 aliphatic carbocycles. The summed E-state index contributed by atoms with van der Waals surface area (Å²) in [5, 5.41) is 0.400. The van der Waals surface area contributed by atoms with E-state index in [-0.39, 0.29) is 0 Å². The Kier molecular flexibility index (Phi) is 4.13. The lowest BCUT2D eigenvalue weighted by molar-refractivity contribution is -0.111. The third-order valence-corrected chi connectivity index (χ3v) is 1.42. The molecule has 0 radical (unpaired) electrons. The molecule has 0 heterocycles. The van der Waals surface area contributed by atoms with Crippen LogP contribution in [0.1, 0.15) is 6.92 Å². The number of aliphatic imine (C=N–C) groups is 1. The van der Waals surface area contributed by atoms with Crippen molar-refractivity contribution in [3.8, 4) is 0 Å². The zero-order valence-electron chi connectivity index (χ0n) is 5.55. The summed E-state index contributed by atoms with van der Waals surface area (Å²) in [5.74, 6) is -0.440. The van der Waals surface area contributed by atoms with Crippen molar-refractivity contribution < 1.29 is 4.79 Å². The largest absolute Gasteiger partial charge is 0.364 e. The molecule has 4 heteroatoms. The van der Waals surface area contributed by atoms with Gasteiger partial charge in [0.2, 0.25) is 0 Å². The molecule has 0 rings (SSSR count). The van der Waals surface area contributed by atoms with Gasteiger partial charge < -0.3 is 5.73 Å². The van der Waals surface area contributed by atoms with E-state index in [0.717, 1.165) is 0 Å². The van der Waals surface area contributed by atoms with Crippen molar-refractivity contribution in [2.75, 3.05) is 12.8 Å². The van der Waals surface area contributed by atoms with Gasteiger partial charge in [-0.3, -0.25) is 9.79 Å². The summed E-state index contributed by atoms with van der Waals surface area (Å²) in [7, 11) is 0. The molecule has 0 aliphatic heterocycles. The van der Waals surface area contributed by atoms with Gasteiger partial charge in [0.1, 0.15) is 0 Å². The molecule has 0 spiro atoms. The van der Waals surface area contributed by atoms with E-state index < -0.39 is 5.91 Å². The van der Waals surface area contributed by atoms with Crippen LogP contribution >= 0.6 is 11.8 Å². The van der Waals surface area contributed by atoms with Crippen LogP contribution in [0.25, 0.3) is 0 Å². The molecule has 52 valence electrons. The minimum absolute atomic E-state index is 0.400. The van der Waals surface area contributed by atoms with Crippen LogP contribution in [0.4, 0.5) is 0 Å². The van der Waals surface area contributed by atoms with Crippen LogP contribution in [0, 0.1) is 0 Å². The lowest BCUT2D eigenvalue weighted by Gasteiger charge is -1.93. The van der Waals surface area contributed by atoms with Gasteiger partial charge in [0.25, 0.3) is 5.91 Å². The van der Waals surface area contributed by atoms with E-state index in [1.807, 2.05) is 6.92 Å². The molecule has 2 N–H and O–H groups in total. The Hall–Kier alpha value is -0.510. The third kappa shape index (κ3) is 3.13. The van der Waals surface area contributed by atoms with Crippen molar-refractivity contribution in [3.05, 3.63) is 0 Å². The fourth-order valence-electron chi connectivity index (χ4n) is 0.387. The van der Waals surface area contributed by atoms with Crippen LogP contribution in [0.5, 0.6) is 0 Å². The van der Waals surface area contributed by atoms with E-state index in [4.69, 9.17) is 5.73 Å². The normalized spacial score (nSPS) is 11.6. The molecule has 0 aliphatic rings. The maximum absolute atomic E-state index is 10.4. The molecule has 0 fully saturated rings. The van der Waals surface area contributed by atoms with Crippen LogP contribution < -0.4 is 5.73 Å². The van der Waals surface area contributed by atoms with Gasteiger partial charge in [0, 0.05) is 6.54 Å². The minimum Gasteiger partial charge on any atom is -0.364 e. The lowest BCUT2D eigenvalue weighted by atomic mass is 10.6. The van der Waals surface area contributed by atoms with Crippen LogP contribution in [-0.4, -0.2) is 23.8 Å². The second-order valence-electron chi connectivity index (χ2n) is 1.35. The van der Waals surface area contributed by atoms with E-state index in [2.05, 4.69) is 4.99 Å². The van der Waals surface area contributed by atoms with E-state index in [0.29, 0.717) is 11.6 Å². The van der Waals surface area contributed by atoms with Crippen LogP contribution in [0.15, 0.2) is 4.99 Å². The van der Waals surface area contributed by atoms with Gasteiger partial charge in [-0.25, -0.2) is 0 Å². The highest BCUT2D eigenvalue weighted by molar-refractivity contribution is 8.15. The highest BCUT2D eigenvalue weighted by Crippen LogP contribution is 1.96. The predicted octanol–water partition coefficient (Wildman–Crippen LogP) is 0.253. The quantitative estimate of drug-likeness (QED) is 0.426. The van der Waals surface area contributed by atoms with Crippen LogP contribution in [-0.2, 0) is 4.79 Å². The van der Waals surface area contributed by atoms with Crippen molar-refractivity contribution in [2.24, 2.45) is 10.7 Å². The number of carbonyl (C=O) groups is 1. The van der Waals surface area contributed by atoms with E-state index in [1.165, 1.54) is 11.8 Å². The van der Waals surface area contributed by atoms with Crippen molar-refractivity contribution in [1.82, 2.24) is 0 Å². The number of primary amides is 1. The molecule has 0 aromatic heterocycles. The van der Waals surface area contributed by atoms with Crippen LogP contribution in [0.2, 0.25) is 0 Å². The summed E-state index contributed by atoms with van der Waals surface area (Å²) in [4.78, 5) is 14.2. The summed E-state index contributed by atoms with van der Waals surface area (Å²) >= 11 is 1.28. The first-order chi connectivity index (χ1) is 4.22. The van der Waals surface area contributed by atoms with E-state index in [9.17, 15) is 4.79 Å². The Morgan fingerprint density at radius 1 is 1.78 bits per heavy atom. The summed E-state index contributed by atoms with van der Waals surface area (Å²) in [6.45, 7) is 2.47. The number of amides is 1. The molecule has 9 heavy (non-hydrogen) atoms. The first-order valence-corrected chi connectivity index (χ1v) is 3.83. The molecule has 1 amide bonds.